The van der Waals surface area contributed by atoms with E-state index < -0.39 is 0 Å². The van der Waals surface area contributed by atoms with Crippen molar-refractivity contribution in [1.82, 2.24) is 19.9 Å². The van der Waals surface area contributed by atoms with Crippen LogP contribution in [0.25, 0.3) is 39.3 Å². The van der Waals surface area contributed by atoms with Crippen LogP contribution in [-0.2, 0) is 4.74 Å². The molecule has 9 heteroatoms. The average Bonchev–Trinajstić information content (AvgIpc) is 3.80. The molecule has 4 N–H and O–H groups in total. The molecule has 0 saturated carbocycles. The zero-order valence-electron chi connectivity index (χ0n) is 30.6. The summed E-state index contributed by atoms with van der Waals surface area (Å²) in [7, 11) is 0. The Kier molecular flexibility index (Phi) is 12.0. The predicted molar refractivity (Wildman–Crippen MR) is 214 cm³/mol. The summed E-state index contributed by atoms with van der Waals surface area (Å²) < 4.78 is 5.91. The number of aromatic amines is 2. The van der Waals surface area contributed by atoms with Crippen molar-refractivity contribution in [3.05, 3.63) is 75.9 Å². The standard InChI is InChI=1S/C41H54N4O3S2/c1-8-30-25(5)36-21-39-31(9-2)24(4)35(43-39)20-37-26(6)32(41(45-37)27(7)34-16-23(3)33(42-34)19-38(30)44-36)12-10-13-49-14-11-15-50-40-18-28(47)17-29(22-46)48-40/h9,16,19-21,26,28-29,32,40,42-43,46-47H,2,8,10-15,17-18,22H2,1,3-7H3/t26-,28-,29-,32-,40-/m0/s1. The summed E-state index contributed by atoms with van der Waals surface area (Å²) in [5.41, 5.74) is 15.9. The van der Waals surface area contributed by atoms with E-state index >= 15 is 0 Å². The van der Waals surface area contributed by atoms with Crippen LogP contribution in [0.2, 0.25) is 0 Å². The quantitative estimate of drug-likeness (QED) is 0.139. The lowest BCUT2D eigenvalue weighted by atomic mass is 9.86. The molecule has 6 heterocycles. The topological polar surface area (TPSA) is 107 Å². The number of aliphatic hydroxyl groups excluding tert-OH is 2. The molecule has 3 aliphatic heterocycles. The monoisotopic (exact) mass is 714 g/mol. The van der Waals surface area contributed by atoms with Gasteiger partial charge in [-0.15, -0.1) is 11.8 Å². The minimum Gasteiger partial charge on any atom is -0.394 e. The zero-order chi connectivity index (χ0) is 35.5. The molecule has 1 saturated heterocycles. The normalized spacial score (nSPS) is 22.4. The molecule has 0 spiro atoms. The fourth-order valence-electron chi connectivity index (χ4n) is 7.73. The predicted octanol–water partition coefficient (Wildman–Crippen LogP) is 9.61. The first-order valence-corrected chi connectivity index (χ1v) is 20.5. The number of hydrogen-bond acceptors (Lipinski definition) is 7. The lowest BCUT2D eigenvalue weighted by Crippen LogP contribution is -2.36. The first-order chi connectivity index (χ1) is 24.1. The van der Waals surface area contributed by atoms with Gasteiger partial charge in [-0.1, -0.05) is 26.5 Å². The van der Waals surface area contributed by atoms with Crippen LogP contribution in [0.4, 0.5) is 0 Å². The van der Waals surface area contributed by atoms with Crippen LogP contribution >= 0.6 is 23.5 Å². The molecule has 50 heavy (non-hydrogen) atoms. The summed E-state index contributed by atoms with van der Waals surface area (Å²) in [6.45, 7) is 17.4. The summed E-state index contributed by atoms with van der Waals surface area (Å²) in [6, 6.07) is 8.94. The van der Waals surface area contributed by atoms with Crippen LogP contribution < -0.4 is 0 Å². The molecule has 268 valence electrons. The smallest absolute Gasteiger partial charge is 0.106 e. The number of H-pyrrole nitrogens is 2. The maximum atomic E-state index is 10.1. The highest BCUT2D eigenvalue weighted by Crippen LogP contribution is 2.42. The third kappa shape index (κ3) is 7.82. The Hall–Kier alpha value is -2.82. The molecule has 0 aliphatic carbocycles. The Morgan fingerprint density at radius 1 is 0.920 bits per heavy atom. The number of thioether (sulfide) groups is 2. The van der Waals surface area contributed by atoms with Gasteiger partial charge in [-0.25, -0.2) is 4.98 Å². The SMILES string of the molecule is C=Cc1c(C)c2cc3nc(c(C)c4cc(C)c(cc5nc(cc1[nH]2)C(C)=C5CC)[nH]4)[C@@H](CCCSCCCS[C@H]1C[C@@H](O)C[C@@H](CO)O1)[C@@H]3C. The lowest BCUT2D eigenvalue weighted by Gasteiger charge is -2.31. The fourth-order valence-corrected chi connectivity index (χ4v) is 10.0. The van der Waals surface area contributed by atoms with Crippen LogP contribution in [0.1, 0.15) is 116 Å². The molecular formula is C41H54N4O3S2. The summed E-state index contributed by atoms with van der Waals surface area (Å²) >= 11 is 3.80. The van der Waals surface area contributed by atoms with Gasteiger partial charge in [-0.05, 0) is 123 Å². The van der Waals surface area contributed by atoms with Gasteiger partial charge >= 0.3 is 0 Å². The van der Waals surface area contributed by atoms with E-state index in [2.05, 4.69) is 82.4 Å². The Bertz CT molecular complexity index is 1910. The first kappa shape index (κ1) is 37.0. The highest BCUT2D eigenvalue weighted by atomic mass is 32.2. The van der Waals surface area contributed by atoms with Gasteiger partial charge in [0.25, 0.3) is 0 Å². The minimum atomic E-state index is -0.375. The van der Waals surface area contributed by atoms with E-state index in [1.807, 2.05) is 17.8 Å². The van der Waals surface area contributed by atoms with Gasteiger partial charge in [0.05, 0.1) is 30.2 Å². The number of ether oxygens (including phenoxy) is 1. The number of nitrogens with zero attached hydrogens (tertiary/aromatic N) is 2. The number of rotatable bonds is 12. The third-order valence-electron chi connectivity index (χ3n) is 10.8. The highest BCUT2D eigenvalue weighted by Gasteiger charge is 2.31. The zero-order valence-corrected chi connectivity index (χ0v) is 32.2. The molecule has 8 bridgehead atoms. The van der Waals surface area contributed by atoms with Crippen molar-refractivity contribution < 1.29 is 14.9 Å². The molecule has 3 aliphatic rings. The Labute approximate surface area is 305 Å². The maximum Gasteiger partial charge on any atom is 0.106 e. The summed E-state index contributed by atoms with van der Waals surface area (Å²) in [6.07, 6.45) is 6.77. The van der Waals surface area contributed by atoms with Crippen molar-refractivity contribution in [2.24, 2.45) is 0 Å². The van der Waals surface area contributed by atoms with Gasteiger partial charge in [0.15, 0.2) is 0 Å². The number of fused-ring (bicyclic) bond motifs is 8. The van der Waals surface area contributed by atoms with Crippen LogP contribution in [0.3, 0.4) is 0 Å². The first-order valence-electron chi connectivity index (χ1n) is 18.3. The van der Waals surface area contributed by atoms with E-state index in [0.717, 1.165) is 87.7 Å². The second-order valence-corrected chi connectivity index (χ2v) is 16.7. The van der Waals surface area contributed by atoms with Gasteiger partial charge in [0.1, 0.15) is 5.44 Å². The van der Waals surface area contributed by atoms with E-state index in [0.29, 0.717) is 24.7 Å². The van der Waals surface area contributed by atoms with Crippen LogP contribution in [0.15, 0.2) is 30.8 Å². The Morgan fingerprint density at radius 3 is 2.42 bits per heavy atom. The number of nitrogens with one attached hydrogen (secondary N) is 2. The van der Waals surface area contributed by atoms with Crippen molar-refractivity contribution in [3.8, 4) is 0 Å². The van der Waals surface area contributed by atoms with Gasteiger partial charge in [0, 0.05) is 63.7 Å². The van der Waals surface area contributed by atoms with Crippen molar-refractivity contribution in [3.63, 3.8) is 0 Å². The third-order valence-corrected chi connectivity index (χ3v) is 13.1. The number of hydrogen-bond donors (Lipinski definition) is 4. The fraction of sp³-hybridized carbons (Fsp3) is 0.512. The maximum absolute atomic E-state index is 10.1. The van der Waals surface area contributed by atoms with E-state index in [9.17, 15) is 10.2 Å². The van der Waals surface area contributed by atoms with Crippen LogP contribution in [0.5, 0.6) is 0 Å². The summed E-state index contributed by atoms with van der Waals surface area (Å²) in [5.74, 6) is 3.87. The molecule has 1 fully saturated rings. The van der Waals surface area contributed by atoms with Crippen molar-refractivity contribution in [1.29, 1.82) is 0 Å². The second kappa shape index (κ2) is 16.2. The lowest BCUT2D eigenvalue weighted by molar-refractivity contribution is -0.0783. The van der Waals surface area contributed by atoms with Gasteiger partial charge in [-0.2, -0.15) is 11.8 Å². The van der Waals surface area contributed by atoms with Gasteiger partial charge < -0.3 is 24.9 Å². The Balaban J connectivity index is 1.25. The molecule has 0 aromatic carbocycles. The molecule has 3 aromatic rings. The van der Waals surface area contributed by atoms with Crippen molar-refractivity contribution >= 4 is 62.8 Å². The van der Waals surface area contributed by atoms with E-state index in [4.69, 9.17) is 14.7 Å². The molecule has 5 atom stereocenters. The molecule has 7 nitrogen and oxygen atoms in total. The molecule has 6 rings (SSSR count). The van der Waals surface area contributed by atoms with E-state index in [1.54, 1.807) is 11.8 Å². The van der Waals surface area contributed by atoms with Gasteiger partial charge in [0.2, 0.25) is 0 Å². The number of aromatic nitrogens is 4. The molecule has 0 unspecified atom stereocenters. The molecule has 0 radical (unpaired) electrons. The van der Waals surface area contributed by atoms with Crippen molar-refractivity contribution in [2.75, 3.05) is 23.9 Å². The Morgan fingerprint density at radius 2 is 1.66 bits per heavy atom. The van der Waals surface area contributed by atoms with E-state index in [-0.39, 0.29) is 24.3 Å². The second-order valence-electron chi connectivity index (χ2n) is 14.2. The molecule has 3 aromatic heterocycles. The largest absolute Gasteiger partial charge is 0.394 e. The van der Waals surface area contributed by atoms with Gasteiger partial charge in [-0.3, -0.25) is 4.98 Å². The number of aliphatic hydroxyl groups is 2. The van der Waals surface area contributed by atoms with E-state index in [1.165, 1.54) is 33.5 Å². The molecular weight excluding hydrogens is 661 g/mol. The van der Waals surface area contributed by atoms with Crippen molar-refractivity contribution in [2.45, 2.75) is 110 Å². The van der Waals surface area contributed by atoms with Crippen LogP contribution in [-0.4, -0.2) is 71.7 Å². The number of aryl methyl sites for hydroxylation is 3. The minimum absolute atomic E-state index is 0.0191. The highest BCUT2D eigenvalue weighted by molar-refractivity contribution is 8.00. The molecule has 0 amide bonds. The van der Waals surface area contributed by atoms with Crippen LogP contribution in [0, 0.1) is 20.8 Å². The average molecular weight is 715 g/mol. The number of allylic oxidation sites excluding steroid dienone is 2. The summed E-state index contributed by atoms with van der Waals surface area (Å²) in [4.78, 5) is 18.0. The summed E-state index contributed by atoms with van der Waals surface area (Å²) in [5, 5.41) is 19.5.